The zero-order valence-corrected chi connectivity index (χ0v) is 14.1. The molecule has 1 aliphatic heterocycles. The minimum Gasteiger partial charge on any atom is -0.381 e. The molecule has 0 bridgehead atoms. The number of hydrogen-bond donors (Lipinski definition) is 2. The fraction of sp³-hybridized carbons (Fsp3) is 0.375. The highest BCUT2D eigenvalue weighted by Crippen LogP contribution is 2.29. The molecule has 0 atom stereocenters. The van der Waals surface area contributed by atoms with Gasteiger partial charge in [0.05, 0.1) is 5.69 Å². The number of rotatable bonds is 4. The van der Waals surface area contributed by atoms with E-state index in [2.05, 4.69) is 20.6 Å². The predicted octanol–water partition coefficient (Wildman–Crippen LogP) is 2.64. The molecule has 2 aromatic heterocycles. The number of thiazole rings is 1. The van der Waals surface area contributed by atoms with Crippen molar-refractivity contribution in [1.82, 2.24) is 9.97 Å². The maximum atomic E-state index is 12.3. The maximum absolute atomic E-state index is 12.3. The lowest BCUT2D eigenvalue weighted by Crippen LogP contribution is -2.15. The number of pyridine rings is 1. The molecular weight excluding hydrogens is 328 g/mol. The molecular formula is C16H18N4O3S. The van der Waals surface area contributed by atoms with Crippen LogP contribution in [0, 0.1) is 0 Å². The summed E-state index contributed by atoms with van der Waals surface area (Å²) >= 11 is 1.41. The Bertz CT molecular complexity index is 740. The summed E-state index contributed by atoms with van der Waals surface area (Å²) in [6, 6.07) is 3.12. The normalized spacial score (nSPS) is 15.0. The highest BCUT2D eigenvalue weighted by atomic mass is 32.1. The summed E-state index contributed by atoms with van der Waals surface area (Å²) < 4.78 is 5.36. The van der Waals surface area contributed by atoms with E-state index in [1.165, 1.54) is 30.5 Å². The lowest BCUT2D eigenvalue weighted by Gasteiger charge is -2.19. The van der Waals surface area contributed by atoms with Crippen molar-refractivity contribution in [2.75, 3.05) is 23.8 Å². The molecule has 1 saturated heterocycles. The third-order valence-electron chi connectivity index (χ3n) is 3.71. The van der Waals surface area contributed by atoms with Crippen LogP contribution in [0.4, 0.5) is 10.9 Å². The average molecular weight is 346 g/mol. The molecule has 2 amide bonds. The summed E-state index contributed by atoms with van der Waals surface area (Å²) in [4.78, 5) is 31.9. The van der Waals surface area contributed by atoms with Crippen molar-refractivity contribution in [3.63, 3.8) is 0 Å². The molecule has 2 aromatic rings. The molecule has 0 spiro atoms. The molecule has 1 fully saturated rings. The molecule has 0 aliphatic carbocycles. The van der Waals surface area contributed by atoms with Crippen LogP contribution in [0.2, 0.25) is 0 Å². The molecule has 126 valence electrons. The average Bonchev–Trinajstić information content (AvgIpc) is 3.04. The standard InChI is InChI=1S/C16H18N4O3S/c1-10(21)18-14-8-12(2-5-17-14)15(22)20-16-19-13(9-24-16)11-3-6-23-7-4-11/h2,5,8-9,11H,3-4,6-7H2,1H3,(H,17,18,21)(H,19,20,22). The monoisotopic (exact) mass is 346 g/mol. The zero-order valence-electron chi connectivity index (χ0n) is 13.2. The first-order chi connectivity index (χ1) is 11.6. The summed E-state index contributed by atoms with van der Waals surface area (Å²) in [5.41, 5.74) is 1.42. The summed E-state index contributed by atoms with van der Waals surface area (Å²) in [5, 5.41) is 7.91. The lowest BCUT2D eigenvalue weighted by molar-refractivity contribution is -0.114. The fourth-order valence-electron chi connectivity index (χ4n) is 2.51. The van der Waals surface area contributed by atoms with E-state index >= 15 is 0 Å². The van der Waals surface area contributed by atoms with Crippen LogP contribution < -0.4 is 10.6 Å². The molecule has 7 nitrogen and oxygen atoms in total. The Kier molecular flexibility index (Phi) is 5.17. The molecule has 24 heavy (non-hydrogen) atoms. The minimum absolute atomic E-state index is 0.235. The van der Waals surface area contributed by atoms with Gasteiger partial charge in [-0.05, 0) is 25.0 Å². The predicted molar refractivity (Wildman–Crippen MR) is 91.4 cm³/mol. The van der Waals surface area contributed by atoms with Gasteiger partial charge in [0.1, 0.15) is 5.82 Å². The molecule has 0 saturated carbocycles. The van der Waals surface area contributed by atoms with E-state index in [9.17, 15) is 9.59 Å². The Morgan fingerprint density at radius 1 is 1.29 bits per heavy atom. The quantitative estimate of drug-likeness (QED) is 0.888. The highest BCUT2D eigenvalue weighted by molar-refractivity contribution is 7.14. The molecule has 3 rings (SSSR count). The summed E-state index contributed by atoms with van der Waals surface area (Å²) in [6.07, 6.45) is 3.40. The number of carbonyl (C=O) groups excluding carboxylic acids is 2. The number of anilines is 2. The van der Waals surface area contributed by atoms with E-state index in [4.69, 9.17) is 4.74 Å². The summed E-state index contributed by atoms with van der Waals surface area (Å²) in [7, 11) is 0. The van der Waals surface area contributed by atoms with Gasteiger partial charge < -0.3 is 10.1 Å². The van der Waals surface area contributed by atoms with Gasteiger partial charge in [0.25, 0.3) is 5.91 Å². The molecule has 0 radical (unpaired) electrons. The first kappa shape index (κ1) is 16.5. The Labute approximate surface area is 143 Å². The SMILES string of the molecule is CC(=O)Nc1cc(C(=O)Nc2nc(C3CCOCC3)cs2)ccn1. The van der Waals surface area contributed by atoms with Gasteiger partial charge in [-0.2, -0.15) is 0 Å². The Morgan fingerprint density at radius 3 is 2.83 bits per heavy atom. The number of nitrogens with zero attached hydrogens (tertiary/aromatic N) is 2. The molecule has 3 heterocycles. The second-order valence-corrected chi connectivity index (χ2v) is 6.39. The third-order valence-corrected chi connectivity index (χ3v) is 4.48. The van der Waals surface area contributed by atoms with Gasteiger partial charge in [0.2, 0.25) is 5.91 Å². The van der Waals surface area contributed by atoms with Gasteiger partial charge in [0.15, 0.2) is 5.13 Å². The van der Waals surface area contributed by atoms with Crippen LogP contribution in [0.1, 0.15) is 41.7 Å². The number of hydrogen-bond acceptors (Lipinski definition) is 6. The smallest absolute Gasteiger partial charge is 0.257 e. The van der Waals surface area contributed by atoms with Crippen LogP contribution in [0.3, 0.4) is 0 Å². The third kappa shape index (κ3) is 4.15. The van der Waals surface area contributed by atoms with Crippen molar-refractivity contribution in [3.8, 4) is 0 Å². The van der Waals surface area contributed by atoms with Crippen molar-refractivity contribution >= 4 is 34.1 Å². The van der Waals surface area contributed by atoms with E-state index < -0.39 is 0 Å². The Morgan fingerprint density at radius 2 is 2.08 bits per heavy atom. The lowest BCUT2D eigenvalue weighted by atomic mass is 9.98. The van der Waals surface area contributed by atoms with Gasteiger partial charge in [0, 0.05) is 43.2 Å². The zero-order chi connectivity index (χ0) is 16.9. The van der Waals surface area contributed by atoms with Gasteiger partial charge in [-0.15, -0.1) is 11.3 Å². The number of amides is 2. The van der Waals surface area contributed by atoms with Crippen molar-refractivity contribution in [1.29, 1.82) is 0 Å². The second-order valence-electron chi connectivity index (χ2n) is 5.53. The number of carbonyl (C=O) groups is 2. The topological polar surface area (TPSA) is 93.2 Å². The summed E-state index contributed by atoms with van der Waals surface area (Å²) in [5.74, 6) is 0.225. The largest absolute Gasteiger partial charge is 0.381 e. The van der Waals surface area contributed by atoms with Gasteiger partial charge in [-0.3, -0.25) is 14.9 Å². The number of ether oxygens (including phenoxy) is 1. The van der Waals surface area contributed by atoms with Gasteiger partial charge in [-0.1, -0.05) is 0 Å². The number of aromatic nitrogens is 2. The van der Waals surface area contributed by atoms with E-state index in [0.29, 0.717) is 22.4 Å². The Balaban J connectivity index is 1.66. The highest BCUT2D eigenvalue weighted by Gasteiger charge is 2.19. The molecule has 1 aliphatic rings. The fourth-order valence-corrected chi connectivity index (χ4v) is 3.30. The maximum Gasteiger partial charge on any atom is 0.257 e. The summed E-state index contributed by atoms with van der Waals surface area (Å²) in [6.45, 7) is 2.90. The van der Waals surface area contributed by atoms with E-state index in [1.54, 1.807) is 6.07 Å². The van der Waals surface area contributed by atoms with Crippen molar-refractivity contribution in [3.05, 3.63) is 35.0 Å². The van der Waals surface area contributed by atoms with E-state index in [0.717, 1.165) is 31.7 Å². The first-order valence-electron chi connectivity index (χ1n) is 7.70. The van der Waals surface area contributed by atoms with Crippen LogP contribution in [0.15, 0.2) is 23.7 Å². The van der Waals surface area contributed by atoms with Gasteiger partial charge in [-0.25, -0.2) is 9.97 Å². The Hall–Kier alpha value is -2.32. The van der Waals surface area contributed by atoms with Crippen molar-refractivity contribution < 1.29 is 14.3 Å². The second kappa shape index (κ2) is 7.50. The van der Waals surface area contributed by atoms with Crippen molar-refractivity contribution in [2.24, 2.45) is 0 Å². The molecule has 2 N–H and O–H groups in total. The minimum atomic E-state index is -0.281. The van der Waals surface area contributed by atoms with E-state index in [1.807, 2.05) is 5.38 Å². The van der Waals surface area contributed by atoms with Crippen LogP contribution in [0.25, 0.3) is 0 Å². The van der Waals surface area contributed by atoms with Crippen LogP contribution in [-0.4, -0.2) is 35.0 Å². The molecule has 8 heteroatoms. The van der Waals surface area contributed by atoms with Crippen LogP contribution >= 0.6 is 11.3 Å². The number of nitrogens with one attached hydrogen (secondary N) is 2. The first-order valence-corrected chi connectivity index (χ1v) is 8.58. The van der Waals surface area contributed by atoms with Crippen LogP contribution in [0.5, 0.6) is 0 Å². The van der Waals surface area contributed by atoms with Crippen molar-refractivity contribution in [2.45, 2.75) is 25.7 Å². The van der Waals surface area contributed by atoms with Crippen LogP contribution in [-0.2, 0) is 9.53 Å². The molecule has 0 unspecified atom stereocenters. The van der Waals surface area contributed by atoms with E-state index in [-0.39, 0.29) is 11.8 Å². The molecule has 0 aromatic carbocycles. The van der Waals surface area contributed by atoms with Gasteiger partial charge >= 0.3 is 0 Å².